The van der Waals surface area contributed by atoms with Gasteiger partial charge >= 0.3 is 0 Å². The highest BCUT2D eigenvalue weighted by Crippen LogP contribution is 2.27. The third kappa shape index (κ3) is 3.70. The van der Waals surface area contributed by atoms with Crippen LogP contribution in [0.5, 0.6) is 0 Å². The minimum Gasteiger partial charge on any atom is -0.360 e. The molecule has 0 atom stereocenters. The molecule has 0 N–H and O–H groups in total. The molecule has 2 heterocycles. The molecule has 7 heteroatoms. The number of fused-ring (bicyclic) bond motifs is 1. The number of nitrogens with zero attached hydrogens (tertiary/aromatic N) is 3. The summed E-state index contributed by atoms with van der Waals surface area (Å²) in [5.74, 6) is 1.24. The van der Waals surface area contributed by atoms with Crippen molar-refractivity contribution in [2.75, 3.05) is 0 Å². The predicted octanol–water partition coefficient (Wildman–Crippen LogP) is 5.58. The van der Waals surface area contributed by atoms with E-state index in [1.807, 2.05) is 68.4 Å². The third-order valence-corrected chi connectivity index (χ3v) is 5.56. The number of halogens is 1. The number of para-hydroxylation sites is 1. The first-order valence-corrected chi connectivity index (χ1v) is 10.2. The van der Waals surface area contributed by atoms with Crippen LogP contribution >= 0.6 is 23.4 Å². The SMILES string of the molecule is CC(C)n1c(SCc2cc(-c3ccc(Cl)cc3)no2)nc2ccccc2c1=O. The van der Waals surface area contributed by atoms with E-state index in [0.29, 0.717) is 32.6 Å². The number of rotatable bonds is 5. The molecule has 142 valence electrons. The molecule has 2 aromatic heterocycles. The molecule has 0 aliphatic rings. The van der Waals surface area contributed by atoms with E-state index < -0.39 is 0 Å². The van der Waals surface area contributed by atoms with Gasteiger partial charge in [-0.25, -0.2) is 4.98 Å². The van der Waals surface area contributed by atoms with Crippen molar-refractivity contribution in [3.63, 3.8) is 0 Å². The maximum atomic E-state index is 12.9. The zero-order chi connectivity index (χ0) is 19.7. The van der Waals surface area contributed by atoms with Gasteiger partial charge in [0.2, 0.25) is 0 Å². The first kappa shape index (κ1) is 18.8. The Morgan fingerprint density at radius 2 is 1.89 bits per heavy atom. The fraction of sp³-hybridized carbons (Fsp3) is 0.190. The number of thioether (sulfide) groups is 1. The molecule has 0 aliphatic heterocycles. The molecule has 0 bridgehead atoms. The molecule has 4 rings (SSSR count). The average molecular weight is 412 g/mol. The summed E-state index contributed by atoms with van der Waals surface area (Å²) in [6, 6.07) is 16.8. The first-order chi connectivity index (χ1) is 13.5. The number of benzene rings is 2. The predicted molar refractivity (Wildman–Crippen MR) is 113 cm³/mol. The summed E-state index contributed by atoms with van der Waals surface area (Å²) in [5.41, 5.74) is 2.36. The lowest BCUT2D eigenvalue weighted by molar-refractivity contribution is 0.397. The van der Waals surface area contributed by atoms with Crippen molar-refractivity contribution in [3.05, 3.63) is 75.7 Å². The van der Waals surface area contributed by atoms with E-state index in [1.165, 1.54) is 11.8 Å². The summed E-state index contributed by atoms with van der Waals surface area (Å²) in [6.45, 7) is 3.96. The van der Waals surface area contributed by atoms with E-state index >= 15 is 0 Å². The maximum absolute atomic E-state index is 12.9. The zero-order valence-corrected chi connectivity index (χ0v) is 17.0. The summed E-state index contributed by atoms with van der Waals surface area (Å²) < 4.78 is 7.20. The van der Waals surface area contributed by atoms with Gasteiger partial charge in [-0.15, -0.1) is 0 Å². The van der Waals surface area contributed by atoms with Gasteiger partial charge in [0.05, 0.1) is 16.7 Å². The number of aromatic nitrogens is 3. The molecule has 5 nitrogen and oxygen atoms in total. The average Bonchev–Trinajstić information content (AvgIpc) is 3.16. The molecule has 2 aromatic carbocycles. The van der Waals surface area contributed by atoms with E-state index in [9.17, 15) is 4.79 Å². The first-order valence-electron chi connectivity index (χ1n) is 8.88. The third-order valence-electron chi connectivity index (χ3n) is 4.33. The molecule has 0 aliphatic carbocycles. The molecule has 4 aromatic rings. The van der Waals surface area contributed by atoms with Crippen LogP contribution in [0.25, 0.3) is 22.2 Å². The molecule has 28 heavy (non-hydrogen) atoms. The summed E-state index contributed by atoms with van der Waals surface area (Å²) in [4.78, 5) is 17.6. The van der Waals surface area contributed by atoms with Crippen LogP contribution < -0.4 is 5.56 Å². The van der Waals surface area contributed by atoms with Gasteiger partial charge in [-0.1, -0.05) is 52.8 Å². The summed E-state index contributed by atoms with van der Waals surface area (Å²) in [7, 11) is 0. The van der Waals surface area contributed by atoms with Crippen LogP contribution in [0.1, 0.15) is 25.6 Å². The molecule has 0 radical (unpaired) electrons. The normalized spacial score (nSPS) is 11.4. The minimum absolute atomic E-state index is 0.00598. The van der Waals surface area contributed by atoms with E-state index in [0.717, 1.165) is 11.3 Å². The molecule has 0 unspecified atom stereocenters. The molecule has 0 saturated heterocycles. The fourth-order valence-corrected chi connectivity index (χ4v) is 4.09. The molecule has 0 fully saturated rings. The van der Waals surface area contributed by atoms with Gasteiger partial charge in [-0.3, -0.25) is 9.36 Å². The van der Waals surface area contributed by atoms with Gasteiger partial charge in [0, 0.05) is 22.7 Å². The topological polar surface area (TPSA) is 60.9 Å². The fourth-order valence-electron chi connectivity index (χ4n) is 2.96. The van der Waals surface area contributed by atoms with Crippen molar-refractivity contribution in [2.45, 2.75) is 30.8 Å². The second-order valence-electron chi connectivity index (χ2n) is 6.65. The van der Waals surface area contributed by atoms with Gasteiger partial charge in [-0.05, 0) is 38.1 Å². The lowest BCUT2D eigenvalue weighted by Crippen LogP contribution is -2.25. The molecule has 0 amide bonds. The van der Waals surface area contributed by atoms with Crippen LogP contribution in [0, 0.1) is 0 Å². The van der Waals surface area contributed by atoms with E-state index in [1.54, 1.807) is 4.57 Å². The van der Waals surface area contributed by atoms with E-state index in [4.69, 9.17) is 21.1 Å². The van der Waals surface area contributed by atoms with Crippen LogP contribution in [-0.2, 0) is 5.75 Å². The van der Waals surface area contributed by atoms with E-state index in [2.05, 4.69) is 5.16 Å². The smallest absolute Gasteiger partial charge is 0.262 e. The van der Waals surface area contributed by atoms with Gasteiger partial charge < -0.3 is 4.52 Å². The Hall–Kier alpha value is -2.57. The van der Waals surface area contributed by atoms with Crippen LogP contribution in [0.3, 0.4) is 0 Å². The second-order valence-corrected chi connectivity index (χ2v) is 8.03. The van der Waals surface area contributed by atoms with Gasteiger partial charge in [0.1, 0.15) is 11.5 Å². The largest absolute Gasteiger partial charge is 0.360 e. The molecular formula is C21H18ClN3O2S. The van der Waals surface area contributed by atoms with Crippen molar-refractivity contribution >= 4 is 34.3 Å². The quantitative estimate of drug-likeness (QED) is 0.317. The number of hydrogen-bond acceptors (Lipinski definition) is 5. The Balaban J connectivity index is 1.62. The van der Waals surface area contributed by atoms with Crippen LogP contribution in [0.15, 0.2) is 69.1 Å². The molecule has 0 saturated carbocycles. The second kappa shape index (κ2) is 7.81. The van der Waals surface area contributed by atoms with E-state index in [-0.39, 0.29) is 11.6 Å². The molecule has 0 spiro atoms. The molecular weight excluding hydrogens is 394 g/mol. The van der Waals surface area contributed by atoms with Crippen molar-refractivity contribution in [1.29, 1.82) is 0 Å². The Labute approximate surface area is 171 Å². The highest BCUT2D eigenvalue weighted by Gasteiger charge is 2.15. The Morgan fingerprint density at radius 3 is 2.64 bits per heavy atom. The summed E-state index contributed by atoms with van der Waals surface area (Å²) >= 11 is 7.40. The highest BCUT2D eigenvalue weighted by molar-refractivity contribution is 7.98. The van der Waals surface area contributed by atoms with Crippen molar-refractivity contribution in [2.24, 2.45) is 0 Å². The van der Waals surface area contributed by atoms with Crippen LogP contribution in [0.2, 0.25) is 5.02 Å². The Kier molecular flexibility index (Phi) is 5.24. The standard InChI is InChI=1S/C21H18ClN3O2S/c1-13(2)25-20(26)17-5-3-4-6-18(17)23-21(25)28-12-16-11-19(24-27-16)14-7-9-15(22)10-8-14/h3-11,13H,12H2,1-2H3. The summed E-state index contributed by atoms with van der Waals surface area (Å²) in [6.07, 6.45) is 0. The van der Waals surface area contributed by atoms with Crippen LogP contribution in [0.4, 0.5) is 0 Å². The maximum Gasteiger partial charge on any atom is 0.262 e. The van der Waals surface area contributed by atoms with Gasteiger partial charge in [0.15, 0.2) is 5.16 Å². The lowest BCUT2D eigenvalue weighted by Gasteiger charge is -2.15. The minimum atomic E-state index is -0.0254. The Bertz CT molecular complexity index is 1180. The van der Waals surface area contributed by atoms with Crippen LogP contribution in [-0.4, -0.2) is 14.7 Å². The highest BCUT2D eigenvalue weighted by atomic mass is 35.5. The monoisotopic (exact) mass is 411 g/mol. The van der Waals surface area contributed by atoms with Gasteiger partial charge in [0.25, 0.3) is 5.56 Å². The van der Waals surface area contributed by atoms with Crippen molar-refractivity contribution in [3.8, 4) is 11.3 Å². The summed E-state index contributed by atoms with van der Waals surface area (Å²) in [5, 5.41) is 6.11. The Morgan fingerprint density at radius 1 is 1.14 bits per heavy atom. The van der Waals surface area contributed by atoms with Crippen molar-refractivity contribution < 1.29 is 4.52 Å². The zero-order valence-electron chi connectivity index (χ0n) is 15.4. The lowest BCUT2D eigenvalue weighted by atomic mass is 10.1. The van der Waals surface area contributed by atoms with Crippen molar-refractivity contribution in [1.82, 2.24) is 14.7 Å². The number of hydrogen-bond donors (Lipinski definition) is 0. The van der Waals surface area contributed by atoms with Gasteiger partial charge in [-0.2, -0.15) is 0 Å².